The van der Waals surface area contributed by atoms with Crippen molar-refractivity contribution in [1.82, 2.24) is 9.97 Å². The summed E-state index contributed by atoms with van der Waals surface area (Å²) < 4.78 is 39.8. The van der Waals surface area contributed by atoms with Crippen molar-refractivity contribution in [2.24, 2.45) is 0 Å². The first kappa shape index (κ1) is 15.3. The Balaban J connectivity index is 2.22. The average Bonchev–Trinajstić information content (AvgIpc) is 2.39. The fraction of sp³-hybridized carbons (Fsp3) is 0.0909. The van der Waals surface area contributed by atoms with Gasteiger partial charge in [0.05, 0.1) is 4.92 Å². The third kappa shape index (κ3) is 3.71. The van der Waals surface area contributed by atoms with E-state index in [0.29, 0.717) is 0 Å². The van der Waals surface area contributed by atoms with E-state index in [1.54, 1.807) is 0 Å². The van der Waals surface area contributed by atoms with Gasteiger partial charge >= 0.3 is 12.0 Å². The summed E-state index contributed by atoms with van der Waals surface area (Å²) in [6.07, 6.45) is -3.78. The number of nitrogens with two attached hydrogens (primary N) is 1. The van der Waals surface area contributed by atoms with Crippen LogP contribution in [-0.4, -0.2) is 21.3 Å². The monoisotopic (exact) mass is 315 g/mol. The average molecular weight is 315 g/mol. The lowest BCUT2D eigenvalue weighted by Gasteiger charge is -2.10. The van der Waals surface area contributed by atoms with E-state index in [9.17, 15) is 23.3 Å². The van der Waals surface area contributed by atoms with E-state index < -0.39 is 22.7 Å². The van der Waals surface area contributed by atoms with E-state index in [2.05, 4.69) is 20.0 Å². The van der Waals surface area contributed by atoms with Crippen molar-refractivity contribution in [2.45, 2.75) is 6.36 Å². The molecule has 0 aliphatic carbocycles. The van der Waals surface area contributed by atoms with Gasteiger partial charge in [0.15, 0.2) is 0 Å². The van der Waals surface area contributed by atoms with Crippen LogP contribution in [0.1, 0.15) is 0 Å². The summed E-state index contributed by atoms with van der Waals surface area (Å²) >= 11 is 0. The molecule has 0 saturated heterocycles. The van der Waals surface area contributed by atoms with Gasteiger partial charge in [0.25, 0.3) is 0 Å². The van der Waals surface area contributed by atoms with E-state index in [-0.39, 0.29) is 17.3 Å². The Hall–Kier alpha value is -3.11. The highest BCUT2D eigenvalue weighted by Gasteiger charge is 2.31. The summed E-state index contributed by atoms with van der Waals surface area (Å²) in [5, 5.41) is 13.5. The second-order valence-electron chi connectivity index (χ2n) is 3.91. The molecule has 8 nitrogen and oxygen atoms in total. The quantitative estimate of drug-likeness (QED) is 0.658. The summed E-state index contributed by atoms with van der Waals surface area (Å²) in [4.78, 5) is 17.3. The molecule has 3 N–H and O–H groups in total. The maximum Gasteiger partial charge on any atom is 0.573 e. The van der Waals surface area contributed by atoms with Gasteiger partial charge in [0, 0.05) is 5.69 Å². The Morgan fingerprint density at radius 1 is 1.23 bits per heavy atom. The van der Waals surface area contributed by atoms with Crippen LogP contribution in [0.2, 0.25) is 0 Å². The third-order valence-corrected chi connectivity index (χ3v) is 2.38. The van der Waals surface area contributed by atoms with Gasteiger partial charge in [-0.15, -0.1) is 13.2 Å². The number of anilines is 3. The maximum atomic E-state index is 12.0. The van der Waals surface area contributed by atoms with Gasteiger partial charge < -0.3 is 15.8 Å². The molecule has 2 rings (SSSR count). The molecule has 1 aromatic heterocycles. The molecule has 22 heavy (non-hydrogen) atoms. The largest absolute Gasteiger partial charge is 0.573 e. The molecule has 0 amide bonds. The molecule has 116 valence electrons. The van der Waals surface area contributed by atoms with E-state index in [0.717, 1.165) is 18.5 Å². The standard InChI is InChI=1S/C11H8F3N5O3/c12-11(13,14)22-7-3-1-6(2-4-7)18-10-8(19(20)21)9(15)16-5-17-10/h1-5H,(H3,15,16,17,18). The number of nitro groups is 1. The van der Waals surface area contributed by atoms with Crippen LogP contribution < -0.4 is 15.8 Å². The van der Waals surface area contributed by atoms with Crippen molar-refractivity contribution < 1.29 is 22.8 Å². The van der Waals surface area contributed by atoms with Crippen molar-refractivity contribution in [3.05, 3.63) is 40.7 Å². The number of hydrogen-bond acceptors (Lipinski definition) is 7. The molecule has 0 radical (unpaired) electrons. The van der Waals surface area contributed by atoms with Gasteiger partial charge in [-0.05, 0) is 24.3 Å². The second kappa shape index (κ2) is 5.71. The number of alkyl halides is 3. The smallest absolute Gasteiger partial charge is 0.406 e. The number of ether oxygens (including phenoxy) is 1. The van der Waals surface area contributed by atoms with Crippen molar-refractivity contribution in [3.8, 4) is 5.75 Å². The molecule has 2 aromatic rings. The Morgan fingerprint density at radius 3 is 2.41 bits per heavy atom. The number of rotatable bonds is 4. The number of nitrogens with one attached hydrogen (secondary N) is 1. The number of halogens is 3. The molecule has 0 unspecified atom stereocenters. The number of hydrogen-bond donors (Lipinski definition) is 2. The molecule has 0 spiro atoms. The summed E-state index contributed by atoms with van der Waals surface area (Å²) in [6.45, 7) is 0. The van der Waals surface area contributed by atoms with Crippen LogP contribution in [0, 0.1) is 10.1 Å². The molecule has 1 heterocycles. The van der Waals surface area contributed by atoms with Crippen LogP contribution in [-0.2, 0) is 0 Å². The zero-order valence-electron chi connectivity index (χ0n) is 10.7. The van der Waals surface area contributed by atoms with Crippen LogP contribution in [0.3, 0.4) is 0 Å². The summed E-state index contributed by atoms with van der Waals surface area (Å²) in [6, 6.07) is 4.57. The highest BCUT2D eigenvalue weighted by atomic mass is 19.4. The number of nitrogens with zero attached hydrogens (tertiary/aromatic N) is 3. The normalized spacial score (nSPS) is 11.0. The Labute approximate surface area is 120 Å². The first-order chi connectivity index (χ1) is 10.3. The SMILES string of the molecule is Nc1ncnc(Nc2ccc(OC(F)(F)F)cc2)c1[N+](=O)[O-]. The predicted molar refractivity (Wildman–Crippen MR) is 69.5 cm³/mol. The molecule has 0 aliphatic heterocycles. The summed E-state index contributed by atoms with van der Waals surface area (Å²) in [5.74, 6) is -0.934. The minimum Gasteiger partial charge on any atom is -0.406 e. The molecule has 0 bridgehead atoms. The lowest BCUT2D eigenvalue weighted by molar-refractivity contribution is -0.383. The first-order valence-corrected chi connectivity index (χ1v) is 5.64. The minimum atomic E-state index is -4.80. The van der Waals surface area contributed by atoms with Crippen molar-refractivity contribution in [1.29, 1.82) is 0 Å². The molecular weight excluding hydrogens is 307 g/mol. The Bertz CT molecular complexity index is 690. The van der Waals surface area contributed by atoms with Crippen LogP contribution >= 0.6 is 0 Å². The molecular formula is C11H8F3N5O3. The van der Waals surface area contributed by atoms with Crippen molar-refractivity contribution in [3.63, 3.8) is 0 Å². The second-order valence-corrected chi connectivity index (χ2v) is 3.91. The summed E-state index contributed by atoms with van der Waals surface area (Å²) in [7, 11) is 0. The minimum absolute atomic E-state index is 0.179. The molecule has 11 heteroatoms. The maximum absolute atomic E-state index is 12.0. The number of aromatic nitrogens is 2. The Morgan fingerprint density at radius 2 is 1.86 bits per heavy atom. The summed E-state index contributed by atoms with van der Waals surface area (Å²) in [5.41, 5.74) is 5.12. The Kier molecular flexibility index (Phi) is 3.97. The lowest BCUT2D eigenvalue weighted by atomic mass is 10.3. The topological polar surface area (TPSA) is 116 Å². The predicted octanol–water partition coefficient (Wildman–Crippen LogP) is 2.61. The first-order valence-electron chi connectivity index (χ1n) is 5.64. The van der Waals surface area contributed by atoms with E-state index >= 15 is 0 Å². The van der Waals surface area contributed by atoms with Gasteiger partial charge in [-0.3, -0.25) is 10.1 Å². The molecule has 0 atom stereocenters. The highest BCUT2D eigenvalue weighted by molar-refractivity contribution is 5.72. The number of benzene rings is 1. The van der Waals surface area contributed by atoms with Crippen LogP contribution in [0.25, 0.3) is 0 Å². The molecule has 1 aromatic carbocycles. The van der Waals surface area contributed by atoms with Gasteiger partial charge in [0.1, 0.15) is 12.1 Å². The van der Waals surface area contributed by atoms with Gasteiger partial charge in [-0.25, -0.2) is 9.97 Å². The van der Waals surface area contributed by atoms with Gasteiger partial charge in [0.2, 0.25) is 11.6 Å². The fourth-order valence-electron chi connectivity index (χ4n) is 1.54. The lowest BCUT2D eigenvalue weighted by Crippen LogP contribution is -2.17. The molecule has 0 saturated carbocycles. The van der Waals surface area contributed by atoms with E-state index in [4.69, 9.17) is 5.73 Å². The van der Waals surface area contributed by atoms with Crippen molar-refractivity contribution in [2.75, 3.05) is 11.1 Å². The third-order valence-electron chi connectivity index (χ3n) is 2.38. The van der Waals surface area contributed by atoms with Crippen LogP contribution in [0.4, 0.5) is 36.2 Å². The van der Waals surface area contributed by atoms with Crippen LogP contribution in [0.15, 0.2) is 30.6 Å². The molecule has 0 fully saturated rings. The van der Waals surface area contributed by atoms with Gasteiger partial charge in [-0.2, -0.15) is 0 Å². The zero-order chi connectivity index (χ0) is 16.3. The fourth-order valence-corrected chi connectivity index (χ4v) is 1.54. The highest BCUT2D eigenvalue weighted by Crippen LogP contribution is 2.30. The van der Waals surface area contributed by atoms with Crippen LogP contribution in [0.5, 0.6) is 5.75 Å². The zero-order valence-corrected chi connectivity index (χ0v) is 10.7. The van der Waals surface area contributed by atoms with Gasteiger partial charge in [-0.1, -0.05) is 0 Å². The molecule has 0 aliphatic rings. The number of nitrogen functional groups attached to an aromatic ring is 1. The van der Waals surface area contributed by atoms with E-state index in [1.165, 1.54) is 12.1 Å². The van der Waals surface area contributed by atoms with E-state index in [1.807, 2.05) is 0 Å². The van der Waals surface area contributed by atoms with Crippen molar-refractivity contribution >= 4 is 23.0 Å².